The second-order valence-corrected chi connectivity index (χ2v) is 7.91. The van der Waals surface area contributed by atoms with E-state index < -0.39 is 22.8 Å². The van der Waals surface area contributed by atoms with Crippen molar-refractivity contribution in [2.45, 2.75) is 43.1 Å². The molecule has 1 amide bonds. The topological polar surface area (TPSA) is 42.4 Å². The van der Waals surface area contributed by atoms with Gasteiger partial charge in [0.25, 0.3) is 0 Å². The fraction of sp³-hybridized carbons (Fsp3) is 0.429. The highest BCUT2D eigenvalue weighted by atomic mass is 19.4. The molecule has 2 aromatic rings. The molecule has 1 saturated carbocycles. The number of hydrogen-bond acceptors (Lipinski definition) is 3. The first-order valence-electron chi connectivity index (χ1n) is 9.40. The number of amides is 1. The molecule has 2 fully saturated rings. The van der Waals surface area contributed by atoms with E-state index in [0.29, 0.717) is 44.5 Å². The van der Waals surface area contributed by atoms with E-state index in [9.17, 15) is 18.0 Å². The Kier molecular flexibility index (Phi) is 3.66. The van der Waals surface area contributed by atoms with Gasteiger partial charge in [-0.05, 0) is 36.6 Å². The second-order valence-electron chi connectivity index (χ2n) is 7.91. The van der Waals surface area contributed by atoms with Gasteiger partial charge in [-0.2, -0.15) is 13.2 Å². The van der Waals surface area contributed by atoms with E-state index in [4.69, 9.17) is 4.74 Å². The summed E-state index contributed by atoms with van der Waals surface area (Å²) in [5.74, 6) is -0.00919. The third-order valence-electron chi connectivity index (χ3n) is 6.31. The number of pyridine rings is 1. The van der Waals surface area contributed by atoms with Crippen molar-refractivity contribution >= 4 is 5.91 Å². The van der Waals surface area contributed by atoms with Gasteiger partial charge in [-0.15, -0.1) is 0 Å². The number of carbonyl (C=O) groups is 1. The summed E-state index contributed by atoms with van der Waals surface area (Å²) >= 11 is 0. The van der Waals surface area contributed by atoms with Crippen molar-refractivity contribution in [3.05, 3.63) is 65.0 Å². The van der Waals surface area contributed by atoms with Crippen LogP contribution in [0, 0.1) is 0 Å². The van der Waals surface area contributed by atoms with Crippen LogP contribution < -0.4 is 0 Å². The molecule has 1 atom stereocenters. The van der Waals surface area contributed by atoms with Crippen molar-refractivity contribution < 1.29 is 22.7 Å². The Labute approximate surface area is 160 Å². The van der Waals surface area contributed by atoms with Gasteiger partial charge in [0.1, 0.15) is 5.60 Å². The van der Waals surface area contributed by atoms with Gasteiger partial charge in [-0.1, -0.05) is 18.2 Å². The Balaban J connectivity index is 1.38. The molecule has 5 rings (SSSR count). The largest absolute Gasteiger partial charge is 0.416 e. The summed E-state index contributed by atoms with van der Waals surface area (Å²) < 4.78 is 44.6. The van der Waals surface area contributed by atoms with Gasteiger partial charge in [0, 0.05) is 24.7 Å². The summed E-state index contributed by atoms with van der Waals surface area (Å²) in [6.45, 7) is 1.49. The Hall–Kier alpha value is -2.41. The number of aromatic nitrogens is 1. The quantitative estimate of drug-likeness (QED) is 0.786. The highest BCUT2D eigenvalue weighted by molar-refractivity contribution is 5.91. The molecule has 1 aromatic heterocycles. The number of nitrogens with zero attached hydrogens (tertiary/aromatic N) is 2. The van der Waals surface area contributed by atoms with Gasteiger partial charge in [-0.25, -0.2) is 0 Å². The van der Waals surface area contributed by atoms with Crippen molar-refractivity contribution in [3.63, 3.8) is 0 Å². The number of alkyl halides is 3. The maximum Gasteiger partial charge on any atom is 0.416 e. The maximum atomic E-state index is 13.3. The molecule has 28 heavy (non-hydrogen) atoms. The first kappa shape index (κ1) is 17.7. The van der Waals surface area contributed by atoms with Crippen molar-refractivity contribution in [2.24, 2.45) is 0 Å². The van der Waals surface area contributed by atoms with Crippen LogP contribution in [0.3, 0.4) is 0 Å². The minimum atomic E-state index is -4.37. The SMILES string of the molecule is O=C(N1CCC2(C1)OCc1ncccc12)C1(c2ccc(C(F)(F)F)cc2)CC1. The van der Waals surface area contributed by atoms with Gasteiger partial charge in [0.05, 0.1) is 29.8 Å². The molecule has 146 valence electrons. The molecule has 1 aliphatic carbocycles. The molecule has 0 bridgehead atoms. The zero-order chi connectivity index (χ0) is 19.6. The molecular weight excluding hydrogens is 369 g/mol. The summed E-state index contributed by atoms with van der Waals surface area (Å²) in [7, 11) is 0. The van der Waals surface area contributed by atoms with Crippen LogP contribution in [-0.2, 0) is 33.3 Å². The predicted molar refractivity (Wildman–Crippen MR) is 94.3 cm³/mol. The number of benzene rings is 1. The van der Waals surface area contributed by atoms with E-state index in [2.05, 4.69) is 4.98 Å². The highest BCUT2D eigenvalue weighted by Crippen LogP contribution is 2.52. The van der Waals surface area contributed by atoms with Gasteiger partial charge < -0.3 is 9.64 Å². The monoisotopic (exact) mass is 388 g/mol. The van der Waals surface area contributed by atoms with Crippen LogP contribution in [0.2, 0.25) is 0 Å². The van der Waals surface area contributed by atoms with Crippen LogP contribution >= 0.6 is 0 Å². The third kappa shape index (κ3) is 2.56. The van der Waals surface area contributed by atoms with Crippen molar-refractivity contribution in [1.29, 1.82) is 0 Å². The summed E-state index contributed by atoms with van der Waals surface area (Å²) in [6, 6.07) is 8.92. The van der Waals surface area contributed by atoms with Gasteiger partial charge >= 0.3 is 6.18 Å². The number of halogens is 3. The first-order valence-corrected chi connectivity index (χ1v) is 9.40. The van der Waals surface area contributed by atoms with Crippen LogP contribution in [0.5, 0.6) is 0 Å². The number of hydrogen-bond donors (Lipinski definition) is 0. The van der Waals surface area contributed by atoms with E-state index >= 15 is 0 Å². The fourth-order valence-electron chi connectivity index (χ4n) is 4.58. The zero-order valence-electron chi connectivity index (χ0n) is 15.1. The summed E-state index contributed by atoms with van der Waals surface area (Å²) in [5.41, 5.74) is 0.746. The first-order chi connectivity index (χ1) is 13.3. The van der Waals surface area contributed by atoms with Crippen LogP contribution in [0.4, 0.5) is 13.2 Å². The molecule has 3 heterocycles. The normalized spacial score (nSPS) is 25.2. The van der Waals surface area contributed by atoms with Crippen molar-refractivity contribution in [3.8, 4) is 0 Å². The van der Waals surface area contributed by atoms with E-state index in [0.717, 1.165) is 23.4 Å². The molecule has 7 heteroatoms. The molecule has 0 radical (unpaired) electrons. The predicted octanol–water partition coefficient (Wildman–Crippen LogP) is 3.79. The minimum Gasteiger partial charge on any atom is -0.362 e. The van der Waals surface area contributed by atoms with E-state index in [-0.39, 0.29) is 5.91 Å². The molecule has 2 aliphatic heterocycles. The Morgan fingerprint density at radius 2 is 1.86 bits per heavy atom. The molecule has 0 N–H and O–H groups in total. The summed E-state index contributed by atoms with van der Waals surface area (Å²) in [5, 5.41) is 0. The van der Waals surface area contributed by atoms with Crippen molar-refractivity contribution in [2.75, 3.05) is 13.1 Å². The fourth-order valence-corrected chi connectivity index (χ4v) is 4.58. The standard InChI is InChI=1S/C21H19F3N2O2/c22-21(23,24)15-5-3-14(4-6-15)19(7-8-19)18(27)26-11-9-20(13-26)16-2-1-10-25-17(16)12-28-20/h1-6,10H,7-9,11-13H2. The smallest absolute Gasteiger partial charge is 0.362 e. The van der Waals surface area contributed by atoms with Crippen LogP contribution in [0.25, 0.3) is 0 Å². The Bertz CT molecular complexity index is 937. The van der Waals surface area contributed by atoms with Crippen LogP contribution in [0.1, 0.15) is 41.6 Å². The lowest BCUT2D eigenvalue weighted by atomic mass is 9.92. The maximum absolute atomic E-state index is 13.3. The molecule has 1 aromatic carbocycles. The number of ether oxygens (including phenoxy) is 1. The number of rotatable bonds is 2. The third-order valence-corrected chi connectivity index (χ3v) is 6.31. The molecule has 4 nitrogen and oxygen atoms in total. The number of likely N-dealkylation sites (tertiary alicyclic amines) is 1. The zero-order valence-corrected chi connectivity index (χ0v) is 15.1. The molecule has 1 unspecified atom stereocenters. The van der Waals surface area contributed by atoms with E-state index in [1.54, 1.807) is 6.20 Å². The number of fused-ring (bicyclic) bond motifs is 2. The Morgan fingerprint density at radius 3 is 2.54 bits per heavy atom. The van der Waals surface area contributed by atoms with Gasteiger partial charge in [0.2, 0.25) is 5.91 Å². The van der Waals surface area contributed by atoms with E-state index in [1.165, 1.54) is 12.1 Å². The Morgan fingerprint density at radius 1 is 1.11 bits per heavy atom. The lowest BCUT2D eigenvalue weighted by Gasteiger charge is -2.27. The average Bonchev–Trinajstić information content (AvgIpc) is 3.27. The molecule has 1 saturated heterocycles. The lowest BCUT2D eigenvalue weighted by molar-refractivity contribution is -0.137. The van der Waals surface area contributed by atoms with Crippen LogP contribution in [-0.4, -0.2) is 28.9 Å². The second kappa shape index (κ2) is 5.80. The highest BCUT2D eigenvalue weighted by Gasteiger charge is 2.56. The summed E-state index contributed by atoms with van der Waals surface area (Å²) in [6.07, 6.45) is -0.593. The van der Waals surface area contributed by atoms with Gasteiger partial charge in [0.15, 0.2) is 0 Å². The van der Waals surface area contributed by atoms with Crippen LogP contribution in [0.15, 0.2) is 42.6 Å². The molecule has 1 spiro atoms. The minimum absolute atomic E-state index is 0.00919. The number of carbonyl (C=O) groups excluding carboxylic acids is 1. The lowest BCUT2D eigenvalue weighted by Crippen LogP contribution is -2.40. The molecule has 3 aliphatic rings. The average molecular weight is 388 g/mol. The van der Waals surface area contributed by atoms with E-state index in [1.807, 2.05) is 17.0 Å². The molecular formula is C21H19F3N2O2. The summed E-state index contributed by atoms with van der Waals surface area (Å²) in [4.78, 5) is 19.5. The van der Waals surface area contributed by atoms with Gasteiger partial charge in [-0.3, -0.25) is 9.78 Å². The van der Waals surface area contributed by atoms with Crippen molar-refractivity contribution in [1.82, 2.24) is 9.88 Å².